The van der Waals surface area contributed by atoms with E-state index in [9.17, 15) is 0 Å². The van der Waals surface area contributed by atoms with Crippen LogP contribution < -0.4 is 0 Å². The number of methoxy groups -OCH3 is 1. The van der Waals surface area contributed by atoms with Crippen LogP contribution in [0.2, 0.25) is 0 Å². The third-order valence-electron chi connectivity index (χ3n) is 4.07. The van der Waals surface area contributed by atoms with Gasteiger partial charge < -0.3 is 9.30 Å². The molecule has 0 saturated carbocycles. The minimum Gasteiger partial charge on any atom is -0.364 e. The molecule has 0 unspecified atom stereocenters. The van der Waals surface area contributed by atoms with Gasteiger partial charge in [0.25, 0.3) is 0 Å². The molecule has 0 N–H and O–H groups in total. The van der Waals surface area contributed by atoms with E-state index in [0.29, 0.717) is 6.73 Å². The van der Waals surface area contributed by atoms with Crippen LogP contribution in [0, 0.1) is 13.8 Å². The molecule has 2 aromatic heterocycles. The van der Waals surface area contributed by atoms with Crippen molar-refractivity contribution in [3.63, 3.8) is 0 Å². The minimum atomic E-state index is 0. The van der Waals surface area contributed by atoms with Gasteiger partial charge in [0, 0.05) is 24.4 Å². The highest BCUT2D eigenvalue weighted by atomic mass is 35.5. The summed E-state index contributed by atoms with van der Waals surface area (Å²) < 4.78 is 7.54. The third kappa shape index (κ3) is 3.31. The van der Waals surface area contributed by atoms with Crippen molar-refractivity contribution < 1.29 is 4.74 Å². The van der Waals surface area contributed by atoms with Crippen LogP contribution in [-0.2, 0) is 11.5 Å². The highest BCUT2D eigenvalue weighted by Gasteiger charge is 2.13. The Kier molecular flexibility index (Phi) is 5.59. The number of hydrogen-bond acceptors (Lipinski definition) is 2. The number of fused-ring (bicyclic) bond motifs is 1. The van der Waals surface area contributed by atoms with Gasteiger partial charge in [0.2, 0.25) is 0 Å². The number of halogens is 1. The number of aryl methyl sites for hydroxylation is 1. The SMILES string of the molecule is COCn1c(C)c(C)c2ccnc(/C=C/c3ccccc3)c21.Cl. The van der Waals surface area contributed by atoms with Crippen molar-refractivity contribution in [1.29, 1.82) is 0 Å². The second kappa shape index (κ2) is 7.44. The van der Waals surface area contributed by atoms with Crippen LogP contribution >= 0.6 is 12.4 Å². The fraction of sp³-hybridized carbons (Fsp3) is 0.211. The van der Waals surface area contributed by atoms with Crippen molar-refractivity contribution in [3.05, 3.63) is 65.1 Å². The van der Waals surface area contributed by atoms with Crippen LogP contribution in [0.3, 0.4) is 0 Å². The topological polar surface area (TPSA) is 27.1 Å². The van der Waals surface area contributed by atoms with Gasteiger partial charge in [0.15, 0.2) is 0 Å². The maximum absolute atomic E-state index is 5.36. The third-order valence-corrected chi connectivity index (χ3v) is 4.07. The van der Waals surface area contributed by atoms with Crippen LogP contribution in [0.5, 0.6) is 0 Å². The Morgan fingerprint density at radius 2 is 1.83 bits per heavy atom. The number of ether oxygens (including phenoxy) is 1. The highest BCUT2D eigenvalue weighted by molar-refractivity contribution is 5.92. The first-order valence-electron chi connectivity index (χ1n) is 7.39. The van der Waals surface area contributed by atoms with E-state index in [0.717, 1.165) is 11.2 Å². The summed E-state index contributed by atoms with van der Waals surface area (Å²) in [5.41, 5.74) is 5.77. The molecule has 0 saturated heterocycles. The molecule has 0 fully saturated rings. The molecule has 0 aliphatic heterocycles. The van der Waals surface area contributed by atoms with E-state index in [4.69, 9.17) is 4.74 Å². The largest absolute Gasteiger partial charge is 0.364 e. The van der Waals surface area contributed by atoms with E-state index in [-0.39, 0.29) is 12.4 Å². The van der Waals surface area contributed by atoms with Crippen molar-refractivity contribution in [1.82, 2.24) is 9.55 Å². The lowest BCUT2D eigenvalue weighted by Gasteiger charge is -2.08. The maximum atomic E-state index is 5.36. The maximum Gasteiger partial charge on any atom is 0.122 e. The molecule has 0 bridgehead atoms. The van der Waals surface area contributed by atoms with Crippen LogP contribution in [0.25, 0.3) is 23.1 Å². The van der Waals surface area contributed by atoms with Gasteiger partial charge >= 0.3 is 0 Å². The molecule has 0 radical (unpaired) electrons. The Morgan fingerprint density at radius 3 is 2.52 bits per heavy atom. The van der Waals surface area contributed by atoms with Crippen LogP contribution in [-0.4, -0.2) is 16.7 Å². The average molecular weight is 329 g/mol. The second-order valence-corrected chi connectivity index (χ2v) is 5.39. The average Bonchev–Trinajstić information content (AvgIpc) is 2.80. The van der Waals surface area contributed by atoms with Crippen molar-refractivity contribution >= 4 is 35.5 Å². The zero-order valence-corrected chi connectivity index (χ0v) is 14.4. The van der Waals surface area contributed by atoms with E-state index >= 15 is 0 Å². The first-order chi connectivity index (χ1) is 10.7. The molecule has 0 amide bonds. The molecule has 0 aliphatic rings. The van der Waals surface area contributed by atoms with Gasteiger partial charge in [-0.25, -0.2) is 0 Å². The molecular formula is C19H21ClN2O. The summed E-state index contributed by atoms with van der Waals surface area (Å²) >= 11 is 0. The predicted octanol–water partition coefficient (Wildman–Crippen LogP) is 4.85. The highest BCUT2D eigenvalue weighted by Crippen LogP contribution is 2.27. The van der Waals surface area contributed by atoms with Crippen molar-refractivity contribution in [2.24, 2.45) is 0 Å². The van der Waals surface area contributed by atoms with E-state index in [1.54, 1.807) is 7.11 Å². The summed E-state index contributed by atoms with van der Waals surface area (Å²) in [5, 5.41) is 1.23. The summed E-state index contributed by atoms with van der Waals surface area (Å²) in [4.78, 5) is 4.56. The van der Waals surface area contributed by atoms with Gasteiger partial charge in [0.05, 0.1) is 11.2 Å². The monoisotopic (exact) mass is 328 g/mol. The van der Waals surface area contributed by atoms with Crippen molar-refractivity contribution in [2.75, 3.05) is 7.11 Å². The van der Waals surface area contributed by atoms with Gasteiger partial charge in [-0.2, -0.15) is 0 Å². The molecule has 3 rings (SSSR count). The lowest BCUT2D eigenvalue weighted by molar-refractivity contribution is 0.133. The van der Waals surface area contributed by atoms with Crippen LogP contribution in [0.1, 0.15) is 22.5 Å². The van der Waals surface area contributed by atoms with Gasteiger partial charge in [-0.05, 0) is 37.1 Å². The molecular weight excluding hydrogens is 308 g/mol. The van der Waals surface area contributed by atoms with Gasteiger partial charge in [-0.3, -0.25) is 4.98 Å². The molecule has 0 aliphatic carbocycles. The van der Waals surface area contributed by atoms with Gasteiger partial charge in [-0.1, -0.05) is 36.4 Å². The van der Waals surface area contributed by atoms with Crippen LogP contribution in [0.15, 0.2) is 42.6 Å². The molecule has 1 aromatic carbocycles. The Balaban J connectivity index is 0.00000192. The van der Waals surface area contributed by atoms with Crippen LogP contribution in [0.4, 0.5) is 0 Å². The minimum absolute atomic E-state index is 0. The normalized spacial score (nSPS) is 11.1. The summed E-state index contributed by atoms with van der Waals surface area (Å²) in [7, 11) is 1.72. The van der Waals surface area contributed by atoms with E-state index in [1.165, 1.54) is 22.2 Å². The van der Waals surface area contributed by atoms with E-state index in [1.807, 2.05) is 24.4 Å². The molecule has 120 valence electrons. The molecule has 0 spiro atoms. The van der Waals surface area contributed by atoms with Crippen molar-refractivity contribution in [3.8, 4) is 0 Å². The summed E-state index contributed by atoms with van der Waals surface area (Å²) in [5.74, 6) is 0. The molecule has 23 heavy (non-hydrogen) atoms. The smallest absolute Gasteiger partial charge is 0.122 e. The lowest BCUT2D eigenvalue weighted by atomic mass is 10.1. The van der Waals surface area contributed by atoms with Crippen molar-refractivity contribution in [2.45, 2.75) is 20.6 Å². The molecule has 0 atom stereocenters. The van der Waals surface area contributed by atoms with E-state index < -0.39 is 0 Å². The van der Waals surface area contributed by atoms with Gasteiger partial charge in [-0.15, -0.1) is 12.4 Å². The predicted molar refractivity (Wildman–Crippen MR) is 98.8 cm³/mol. The summed E-state index contributed by atoms with van der Waals surface area (Å²) in [6, 6.07) is 12.3. The van der Waals surface area contributed by atoms with E-state index in [2.05, 4.69) is 53.7 Å². The summed E-state index contributed by atoms with van der Waals surface area (Å²) in [6.07, 6.45) is 6.04. The quantitative estimate of drug-likeness (QED) is 0.684. The molecule has 4 heteroatoms. The first kappa shape index (κ1) is 17.3. The number of pyridine rings is 1. The number of aromatic nitrogens is 2. The zero-order chi connectivity index (χ0) is 15.5. The molecule has 3 aromatic rings. The zero-order valence-electron chi connectivity index (χ0n) is 13.6. The fourth-order valence-corrected chi connectivity index (χ4v) is 2.77. The molecule has 3 nitrogen and oxygen atoms in total. The Morgan fingerprint density at radius 1 is 1.09 bits per heavy atom. The Hall–Kier alpha value is -2.10. The molecule has 2 heterocycles. The summed E-state index contributed by atoms with van der Waals surface area (Å²) in [6.45, 7) is 4.81. The standard InChI is InChI=1S/C19H20N2O.ClH/c1-14-15(2)21(13-22-3)19-17(14)11-12-20-18(19)10-9-16-7-5-4-6-8-16;/h4-12H,13H2,1-3H3;1H/b10-9+;. The second-order valence-electron chi connectivity index (χ2n) is 5.39. The number of benzene rings is 1. The number of rotatable bonds is 4. The Bertz CT molecular complexity index is 822. The first-order valence-corrected chi connectivity index (χ1v) is 7.39. The lowest BCUT2D eigenvalue weighted by Crippen LogP contribution is -2.03. The Labute approximate surface area is 143 Å². The number of hydrogen-bond donors (Lipinski definition) is 0. The fourth-order valence-electron chi connectivity index (χ4n) is 2.77. The van der Waals surface area contributed by atoms with Gasteiger partial charge in [0.1, 0.15) is 6.73 Å². The number of nitrogens with zero attached hydrogens (tertiary/aromatic N) is 2.